The lowest BCUT2D eigenvalue weighted by Gasteiger charge is -2.39. The van der Waals surface area contributed by atoms with Gasteiger partial charge in [0.25, 0.3) is 0 Å². The zero-order chi connectivity index (χ0) is 13.3. The van der Waals surface area contributed by atoms with E-state index in [4.69, 9.17) is 16.3 Å². The smallest absolute Gasteiger partial charge is 0.0702 e. The van der Waals surface area contributed by atoms with Crippen molar-refractivity contribution in [3.8, 4) is 0 Å². The molecule has 1 unspecified atom stereocenters. The van der Waals surface area contributed by atoms with Gasteiger partial charge in [-0.2, -0.15) is 0 Å². The maximum Gasteiger partial charge on any atom is 0.0702 e. The molecule has 2 fully saturated rings. The SMILES string of the molecule is Clc1ccc(NC2CCOC3(CCCC3)C2)cc1Br. The number of nitrogens with one attached hydrogen (secondary N) is 1. The first-order valence-corrected chi connectivity index (χ1v) is 8.20. The third-order valence-electron chi connectivity index (χ3n) is 4.30. The van der Waals surface area contributed by atoms with Crippen LogP contribution in [0.4, 0.5) is 5.69 Å². The summed E-state index contributed by atoms with van der Waals surface area (Å²) in [6.45, 7) is 0.881. The number of anilines is 1. The zero-order valence-electron chi connectivity index (χ0n) is 10.9. The van der Waals surface area contributed by atoms with Crippen molar-refractivity contribution in [1.82, 2.24) is 0 Å². The molecule has 1 saturated heterocycles. The summed E-state index contributed by atoms with van der Waals surface area (Å²) in [7, 11) is 0. The monoisotopic (exact) mass is 343 g/mol. The normalized spacial score (nSPS) is 25.7. The minimum Gasteiger partial charge on any atom is -0.382 e. The predicted molar refractivity (Wildman–Crippen MR) is 82.9 cm³/mol. The Kier molecular flexibility index (Phi) is 4.06. The summed E-state index contributed by atoms with van der Waals surface area (Å²) in [4.78, 5) is 0. The van der Waals surface area contributed by atoms with Crippen molar-refractivity contribution in [3.05, 3.63) is 27.7 Å². The van der Waals surface area contributed by atoms with Gasteiger partial charge in [-0.25, -0.2) is 0 Å². The molecule has 19 heavy (non-hydrogen) atoms. The van der Waals surface area contributed by atoms with Crippen molar-refractivity contribution in [1.29, 1.82) is 0 Å². The van der Waals surface area contributed by atoms with Crippen molar-refractivity contribution >= 4 is 33.2 Å². The molecule has 1 aliphatic carbocycles. The van der Waals surface area contributed by atoms with E-state index in [0.29, 0.717) is 6.04 Å². The van der Waals surface area contributed by atoms with Crippen LogP contribution in [0.1, 0.15) is 38.5 Å². The molecule has 2 nitrogen and oxygen atoms in total. The molecule has 1 aromatic carbocycles. The van der Waals surface area contributed by atoms with E-state index in [-0.39, 0.29) is 5.60 Å². The predicted octanol–water partition coefficient (Wildman–Crippen LogP) is 5.01. The van der Waals surface area contributed by atoms with Crippen LogP contribution in [0.25, 0.3) is 0 Å². The molecule has 0 bridgehead atoms. The summed E-state index contributed by atoms with van der Waals surface area (Å²) < 4.78 is 7.01. The van der Waals surface area contributed by atoms with Gasteiger partial charge in [0.1, 0.15) is 0 Å². The van der Waals surface area contributed by atoms with Gasteiger partial charge >= 0.3 is 0 Å². The van der Waals surface area contributed by atoms with E-state index in [1.54, 1.807) is 0 Å². The third kappa shape index (κ3) is 3.09. The number of hydrogen-bond acceptors (Lipinski definition) is 2. The molecule has 0 aromatic heterocycles. The Balaban J connectivity index is 1.67. The number of ether oxygens (including phenoxy) is 1. The summed E-state index contributed by atoms with van der Waals surface area (Å²) in [5, 5.41) is 4.39. The lowest BCUT2D eigenvalue weighted by Crippen LogP contribution is -2.42. The highest BCUT2D eigenvalue weighted by molar-refractivity contribution is 9.10. The van der Waals surface area contributed by atoms with E-state index in [9.17, 15) is 0 Å². The molecule has 104 valence electrons. The van der Waals surface area contributed by atoms with Crippen LogP contribution in [-0.4, -0.2) is 18.2 Å². The molecule has 3 rings (SSSR count). The van der Waals surface area contributed by atoms with Gasteiger partial charge in [0.15, 0.2) is 0 Å². The second-order valence-electron chi connectivity index (χ2n) is 5.70. The van der Waals surface area contributed by atoms with E-state index in [2.05, 4.69) is 27.3 Å². The molecule has 2 aliphatic rings. The standard InChI is InChI=1S/C15H19BrClNO/c16-13-9-11(3-4-14(13)17)18-12-5-8-19-15(10-12)6-1-2-7-15/h3-4,9,12,18H,1-2,5-8,10H2. The van der Waals surface area contributed by atoms with Crippen LogP contribution >= 0.6 is 27.5 Å². The van der Waals surface area contributed by atoms with Crippen molar-refractivity contribution in [2.45, 2.75) is 50.2 Å². The first-order valence-electron chi connectivity index (χ1n) is 7.02. The lowest BCUT2D eigenvalue weighted by atomic mass is 9.89. The van der Waals surface area contributed by atoms with Crippen LogP contribution in [0.2, 0.25) is 5.02 Å². The Labute approximate surface area is 128 Å². The Morgan fingerprint density at radius 1 is 1.32 bits per heavy atom. The second-order valence-corrected chi connectivity index (χ2v) is 6.96. The summed E-state index contributed by atoms with van der Waals surface area (Å²) in [5.41, 5.74) is 1.30. The minimum atomic E-state index is 0.166. The van der Waals surface area contributed by atoms with Crippen LogP contribution in [0, 0.1) is 0 Å². The van der Waals surface area contributed by atoms with Gasteiger partial charge in [0.05, 0.1) is 10.6 Å². The molecule has 1 aliphatic heterocycles. The van der Waals surface area contributed by atoms with E-state index < -0.39 is 0 Å². The van der Waals surface area contributed by atoms with Gasteiger partial charge in [0, 0.05) is 22.8 Å². The third-order valence-corrected chi connectivity index (χ3v) is 5.51. The number of halogens is 2. The van der Waals surface area contributed by atoms with E-state index in [1.165, 1.54) is 25.7 Å². The van der Waals surface area contributed by atoms with E-state index in [0.717, 1.165) is 34.6 Å². The van der Waals surface area contributed by atoms with Crippen LogP contribution < -0.4 is 5.32 Å². The maximum atomic E-state index is 6.07. The summed E-state index contributed by atoms with van der Waals surface area (Å²) >= 11 is 9.50. The van der Waals surface area contributed by atoms with Crippen molar-refractivity contribution in [2.24, 2.45) is 0 Å². The average molecular weight is 345 g/mol. The van der Waals surface area contributed by atoms with Crippen LogP contribution in [0.15, 0.2) is 22.7 Å². The largest absolute Gasteiger partial charge is 0.382 e. The molecular weight excluding hydrogens is 326 g/mol. The Bertz CT molecular complexity index is 459. The summed E-state index contributed by atoms with van der Waals surface area (Å²) in [6.07, 6.45) is 7.32. The van der Waals surface area contributed by atoms with Gasteiger partial charge in [0.2, 0.25) is 0 Å². The Morgan fingerprint density at radius 3 is 2.84 bits per heavy atom. The quantitative estimate of drug-likeness (QED) is 0.814. The molecule has 0 amide bonds. The van der Waals surface area contributed by atoms with Crippen LogP contribution in [0.5, 0.6) is 0 Å². The second kappa shape index (κ2) is 5.63. The van der Waals surface area contributed by atoms with Crippen LogP contribution in [0.3, 0.4) is 0 Å². The first-order chi connectivity index (χ1) is 9.17. The molecule has 1 spiro atoms. The summed E-state index contributed by atoms with van der Waals surface area (Å²) in [6, 6.07) is 6.54. The molecule has 0 radical (unpaired) electrons. The van der Waals surface area contributed by atoms with Gasteiger partial charge in [-0.05, 0) is 59.8 Å². The Hall–Kier alpha value is -0.250. The molecule has 1 aromatic rings. The van der Waals surface area contributed by atoms with Gasteiger partial charge < -0.3 is 10.1 Å². The zero-order valence-corrected chi connectivity index (χ0v) is 13.3. The fourth-order valence-corrected chi connectivity index (χ4v) is 3.84. The first kappa shape index (κ1) is 13.7. The molecule has 1 saturated carbocycles. The molecular formula is C15H19BrClNO. The number of benzene rings is 1. The van der Waals surface area contributed by atoms with Gasteiger partial charge in [-0.3, -0.25) is 0 Å². The van der Waals surface area contributed by atoms with Crippen LogP contribution in [-0.2, 0) is 4.74 Å². The van der Waals surface area contributed by atoms with Gasteiger partial charge in [-0.1, -0.05) is 24.4 Å². The Morgan fingerprint density at radius 2 is 2.11 bits per heavy atom. The minimum absolute atomic E-state index is 0.166. The molecule has 1 N–H and O–H groups in total. The maximum absolute atomic E-state index is 6.07. The highest BCUT2D eigenvalue weighted by Gasteiger charge is 2.39. The van der Waals surface area contributed by atoms with E-state index >= 15 is 0 Å². The lowest BCUT2D eigenvalue weighted by molar-refractivity contribution is -0.0767. The highest BCUT2D eigenvalue weighted by Crippen LogP contribution is 2.40. The topological polar surface area (TPSA) is 21.3 Å². The number of hydrogen-bond donors (Lipinski definition) is 1. The average Bonchev–Trinajstić information content (AvgIpc) is 2.82. The molecule has 4 heteroatoms. The fraction of sp³-hybridized carbons (Fsp3) is 0.600. The van der Waals surface area contributed by atoms with Crippen molar-refractivity contribution < 1.29 is 4.74 Å². The molecule has 1 atom stereocenters. The highest BCUT2D eigenvalue weighted by atomic mass is 79.9. The van der Waals surface area contributed by atoms with E-state index in [1.807, 2.05) is 12.1 Å². The van der Waals surface area contributed by atoms with Gasteiger partial charge in [-0.15, -0.1) is 0 Å². The number of rotatable bonds is 2. The summed E-state index contributed by atoms with van der Waals surface area (Å²) in [5.74, 6) is 0. The fourth-order valence-electron chi connectivity index (χ4n) is 3.34. The van der Waals surface area contributed by atoms with Crippen molar-refractivity contribution in [3.63, 3.8) is 0 Å². The molecule has 1 heterocycles. The van der Waals surface area contributed by atoms with Crippen molar-refractivity contribution in [2.75, 3.05) is 11.9 Å².